The maximum Gasteiger partial charge on any atom is 0.303 e. The van der Waals surface area contributed by atoms with Gasteiger partial charge in [-0.3, -0.25) is 9.69 Å². The molecule has 1 saturated carbocycles. The minimum absolute atomic E-state index is 0.387. The minimum Gasteiger partial charge on any atom is -0.481 e. The predicted molar refractivity (Wildman–Crippen MR) is 75.0 cm³/mol. The summed E-state index contributed by atoms with van der Waals surface area (Å²) in [6, 6.07) is 2.07. The lowest BCUT2D eigenvalue weighted by atomic mass is 9.79. The molecule has 2 aliphatic heterocycles. The minimum atomic E-state index is -0.611. The molecule has 2 heterocycles. The predicted octanol–water partition coefficient (Wildman–Crippen LogP) is 3.28. The van der Waals surface area contributed by atoms with Gasteiger partial charge in [0.15, 0.2) is 0 Å². The first-order valence-electron chi connectivity index (χ1n) is 8.12. The van der Waals surface area contributed by atoms with E-state index >= 15 is 0 Å². The summed E-state index contributed by atoms with van der Waals surface area (Å²) in [5, 5.41) is 8.98. The Kier molecular flexibility index (Phi) is 3.84. The van der Waals surface area contributed by atoms with E-state index in [1.807, 2.05) is 0 Å². The van der Waals surface area contributed by atoms with Crippen molar-refractivity contribution in [1.82, 2.24) is 4.90 Å². The van der Waals surface area contributed by atoms with E-state index in [2.05, 4.69) is 11.8 Å². The number of fused-ring (bicyclic) bond motifs is 2. The van der Waals surface area contributed by atoms with Crippen LogP contribution in [0.2, 0.25) is 0 Å². The van der Waals surface area contributed by atoms with Crippen molar-refractivity contribution in [3.8, 4) is 0 Å². The Labute approximate surface area is 116 Å². The molecule has 2 saturated heterocycles. The van der Waals surface area contributed by atoms with E-state index in [0.29, 0.717) is 30.5 Å². The molecule has 3 atom stereocenters. The maximum absolute atomic E-state index is 10.9. The molecule has 3 aliphatic rings. The van der Waals surface area contributed by atoms with Crippen molar-refractivity contribution in [3.05, 3.63) is 0 Å². The fourth-order valence-corrected chi connectivity index (χ4v) is 4.79. The van der Waals surface area contributed by atoms with Gasteiger partial charge in [0.25, 0.3) is 0 Å². The molecule has 0 aromatic rings. The Morgan fingerprint density at radius 2 is 1.79 bits per heavy atom. The van der Waals surface area contributed by atoms with E-state index in [-0.39, 0.29) is 0 Å². The van der Waals surface area contributed by atoms with E-state index in [1.54, 1.807) is 0 Å². The van der Waals surface area contributed by atoms with Gasteiger partial charge in [-0.15, -0.1) is 0 Å². The van der Waals surface area contributed by atoms with Crippen molar-refractivity contribution in [2.24, 2.45) is 11.8 Å². The number of carboxylic acids is 1. The second-order valence-corrected chi connectivity index (χ2v) is 7.15. The van der Waals surface area contributed by atoms with Crippen LogP contribution in [0.15, 0.2) is 0 Å². The smallest absolute Gasteiger partial charge is 0.303 e. The second-order valence-electron chi connectivity index (χ2n) is 7.15. The molecule has 3 unspecified atom stereocenters. The molecule has 3 heteroatoms. The Bertz CT molecular complexity index is 326. The SMILES string of the molecule is CC(CC1CCC1)N1C2CCC1CC(CC(=O)O)C2. The van der Waals surface area contributed by atoms with Crippen molar-refractivity contribution < 1.29 is 9.90 Å². The van der Waals surface area contributed by atoms with Crippen LogP contribution in [-0.4, -0.2) is 34.1 Å². The van der Waals surface area contributed by atoms with Gasteiger partial charge in [0, 0.05) is 24.5 Å². The van der Waals surface area contributed by atoms with Crippen molar-refractivity contribution >= 4 is 5.97 Å². The molecule has 3 rings (SSSR count). The Morgan fingerprint density at radius 1 is 1.16 bits per heavy atom. The lowest BCUT2D eigenvalue weighted by Gasteiger charge is -2.44. The summed E-state index contributed by atoms with van der Waals surface area (Å²) in [7, 11) is 0. The first kappa shape index (κ1) is 13.4. The fourth-order valence-electron chi connectivity index (χ4n) is 4.79. The molecule has 0 amide bonds. The zero-order chi connectivity index (χ0) is 13.4. The molecule has 0 aromatic carbocycles. The summed E-state index contributed by atoms with van der Waals surface area (Å²) in [6.45, 7) is 2.40. The molecule has 0 spiro atoms. The third kappa shape index (κ3) is 2.81. The van der Waals surface area contributed by atoms with E-state index in [1.165, 1.54) is 38.5 Å². The number of carboxylic acid groups (broad SMARTS) is 1. The van der Waals surface area contributed by atoms with Crippen LogP contribution in [0.25, 0.3) is 0 Å². The number of hydrogen-bond acceptors (Lipinski definition) is 2. The van der Waals surface area contributed by atoms with Crippen LogP contribution < -0.4 is 0 Å². The van der Waals surface area contributed by atoms with Crippen LogP contribution in [0, 0.1) is 11.8 Å². The normalized spacial score (nSPS) is 37.0. The largest absolute Gasteiger partial charge is 0.481 e. The number of nitrogens with zero attached hydrogens (tertiary/aromatic N) is 1. The lowest BCUT2D eigenvalue weighted by Crippen LogP contribution is -2.48. The Morgan fingerprint density at radius 3 is 2.26 bits per heavy atom. The van der Waals surface area contributed by atoms with Gasteiger partial charge in [-0.05, 0) is 50.9 Å². The second kappa shape index (κ2) is 5.43. The quantitative estimate of drug-likeness (QED) is 0.829. The first-order chi connectivity index (χ1) is 9.13. The average molecular weight is 265 g/mol. The molecule has 108 valence electrons. The lowest BCUT2D eigenvalue weighted by molar-refractivity contribution is -0.138. The first-order valence-corrected chi connectivity index (χ1v) is 8.12. The van der Waals surface area contributed by atoms with Crippen LogP contribution in [0.1, 0.15) is 64.7 Å². The third-order valence-corrected chi connectivity index (χ3v) is 5.76. The third-order valence-electron chi connectivity index (χ3n) is 5.76. The molecular weight excluding hydrogens is 238 g/mol. The van der Waals surface area contributed by atoms with Gasteiger partial charge in [0.1, 0.15) is 0 Å². The van der Waals surface area contributed by atoms with E-state index in [9.17, 15) is 4.79 Å². The standard InChI is InChI=1S/C16H27NO2/c1-11(7-12-3-2-4-12)17-14-5-6-15(17)9-13(8-14)10-16(18)19/h11-15H,2-10H2,1H3,(H,18,19). The van der Waals surface area contributed by atoms with Gasteiger partial charge in [-0.2, -0.15) is 0 Å². The number of aliphatic carboxylic acids is 1. The maximum atomic E-state index is 10.9. The molecule has 3 nitrogen and oxygen atoms in total. The summed E-state index contributed by atoms with van der Waals surface area (Å²) < 4.78 is 0. The van der Waals surface area contributed by atoms with Gasteiger partial charge < -0.3 is 5.11 Å². The highest BCUT2D eigenvalue weighted by Gasteiger charge is 2.43. The molecule has 2 bridgehead atoms. The zero-order valence-corrected chi connectivity index (χ0v) is 12.1. The molecular formula is C16H27NO2. The Balaban J connectivity index is 1.57. The summed E-state index contributed by atoms with van der Waals surface area (Å²) >= 11 is 0. The van der Waals surface area contributed by atoms with E-state index in [0.717, 1.165) is 18.8 Å². The highest BCUT2D eigenvalue weighted by atomic mass is 16.4. The van der Waals surface area contributed by atoms with Crippen molar-refractivity contribution in [2.45, 2.75) is 82.8 Å². The molecule has 3 fully saturated rings. The number of piperidine rings is 1. The van der Waals surface area contributed by atoms with E-state index in [4.69, 9.17) is 5.11 Å². The van der Waals surface area contributed by atoms with Gasteiger partial charge in [-0.25, -0.2) is 0 Å². The highest BCUT2D eigenvalue weighted by molar-refractivity contribution is 5.67. The fraction of sp³-hybridized carbons (Fsp3) is 0.938. The molecule has 0 aromatic heterocycles. The van der Waals surface area contributed by atoms with Gasteiger partial charge >= 0.3 is 5.97 Å². The van der Waals surface area contributed by atoms with Crippen LogP contribution in [0.3, 0.4) is 0 Å². The highest BCUT2D eigenvalue weighted by Crippen LogP contribution is 2.43. The van der Waals surface area contributed by atoms with Crippen LogP contribution in [-0.2, 0) is 4.79 Å². The molecule has 1 aliphatic carbocycles. The molecule has 0 radical (unpaired) electrons. The van der Waals surface area contributed by atoms with Gasteiger partial charge in [-0.1, -0.05) is 19.3 Å². The van der Waals surface area contributed by atoms with Crippen LogP contribution in [0.5, 0.6) is 0 Å². The molecule has 19 heavy (non-hydrogen) atoms. The number of carbonyl (C=O) groups is 1. The topological polar surface area (TPSA) is 40.5 Å². The zero-order valence-electron chi connectivity index (χ0n) is 12.1. The average Bonchev–Trinajstić information content (AvgIpc) is 2.55. The monoisotopic (exact) mass is 265 g/mol. The summed E-state index contributed by atoms with van der Waals surface area (Å²) in [5.74, 6) is 0.800. The molecule has 1 N–H and O–H groups in total. The summed E-state index contributed by atoms with van der Waals surface area (Å²) in [6.07, 6.45) is 10.9. The van der Waals surface area contributed by atoms with Crippen LogP contribution >= 0.6 is 0 Å². The summed E-state index contributed by atoms with van der Waals surface area (Å²) in [5.41, 5.74) is 0. The van der Waals surface area contributed by atoms with Crippen LogP contribution in [0.4, 0.5) is 0 Å². The summed E-state index contributed by atoms with van der Waals surface area (Å²) in [4.78, 5) is 13.7. The van der Waals surface area contributed by atoms with Gasteiger partial charge in [0.05, 0.1) is 0 Å². The van der Waals surface area contributed by atoms with Gasteiger partial charge in [0.2, 0.25) is 0 Å². The Hall–Kier alpha value is -0.570. The van der Waals surface area contributed by atoms with Crippen molar-refractivity contribution in [3.63, 3.8) is 0 Å². The van der Waals surface area contributed by atoms with Crippen molar-refractivity contribution in [2.75, 3.05) is 0 Å². The number of rotatable bonds is 5. The van der Waals surface area contributed by atoms with E-state index < -0.39 is 5.97 Å². The number of hydrogen-bond donors (Lipinski definition) is 1. The van der Waals surface area contributed by atoms with Crippen molar-refractivity contribution in [1.29, 1.82) is 0 Å².